The van der Waals surface area contributed by atoms with Gasteiger partial charge in [0.15, 0.2) is 0 Å². The zero-order valence-corrected chi connectivity index (χ0v) is 18.0. The average Bonchev–Trinajstić information content (AvgIpc) is 3.43. The van der Waals surface area contributed by atoms with Crippen LogP contribution in [0.3, 0.4) is 0 Å². The summed E-state index contributed by atoms with van der Waals surface area (Å²) in [6.07, 6.45) is 4.46. The third-order valence-electron chi connectivity index (χ3n) is 6.19. The molecule has 0 spiro atoms. The van der Waals surface area contributed by atoms with Crippen LogP contribution in [0.1, 0.15) is 49.5 Å². The van der Waals surface area contributed by atoms with Crippen LogP contribution in [0.2, 0.25) is 0 Å². The third kappa shape index (κ3) is 4.68. The molecular formula is C23H28FN5O2. The predicted molar refractivity (Wildman–Crippen MR) is 116 cm³/mol. The smallest absolute Gasteiger partial charge is 0.227 e. The molecule has 2 aliphatic rings. The summed E-state index contributed by atoms with van der Waals surface area (Å²) in [6.45, 7) is 0.807. The highest BCUT2D eigenvalue weighted by Crippen LogP contribution is 2.32. The first-order valence-electron chi connectivity index (χ1n) is 10.8. The van der Waals surface area contributed by atoms with Gasteiger partial charge in [-0.25, -0.2) is 14.4 Å². The normalized spacial score (nSPS) is 19.1. The van der Waals surface area contributed by atoms with Gasteiger partial charge in [-0.05, 0) is 37.1 Å². The highest BCUT2D eigenvalue weighted by molar-refractivity contribution is 5.96. The van der Waals surface area contributed by atoms with Crippen molar-refractivity contribution in [3.8, 4) is 0 Å². The molecular weight excluding hydrogens is 397 g/mol. The van der Waals surface area contributed by atoms with Crippen LogP contribution < -0.4 is 10.2 Å². The van der Waals surface area contributed by atoms with Crippen LogP contribution in [0.15, 0.2) is 30.3 Å². The van der Waals surface area contributed by atoms with Crippen LogP contribution in [0.25, 0.3) is 0 Å². The number of hydrogen-bond acceptors (Lipinski definition) is 5. The van der Waals surface area contributed by atoms with Gasteiger partial charge in [0.2, 0.25) is 11.8 Å². The van der Waals surface area contributed by atoms with Crippen LogP contribution in [-0.4, -0.2) is 47.3 Å². The van der Waals surface area contributed by atoms with Crippen LogP contribution in [0.5, 0.6) is 0 Å². The maximum Gasteiger partial charge on any atom is 0.227 e. The lowest BCUT2D eigenvalue weighted by Gasteiger charge is -2.21. The molecule has 1 atom stereocenters. The lowest BCUT2D eigenvalue weighted by molar-refractivity contribution is -0.134. The SMILES string of the molecule is CNc1cc([C@H]2CC(=O)N(c3ccc(F)cc3)C2)nc(CN(C)C(=O)C2CCCC2)n1. The molecule has 1 saturated heterocycles. The monoisotopic (exact) mass is 425 g/mol. The summed E-state index contributed by atoms with van der Waals surface area (Å²) in [5, 5.41) is 3.05. The molecule has 2 fully saturated rings. The van der Waals surface area contributed by atoms with Crippen molar-refractivity contribution in [1.29, 1.82) is 0 Å². The Kier molecular flexibility index (Phi) is 6.15. The number of hydrogen-bond donors (Lipinski definition) is 1. The minimum absolute atomic E-state index is 0.0173. The summed E-state index contributed by atoms with van der Waals surface area (Å²) < 4.78 is 13.2. The highest BCUT2D eigenvalue weighted by atomic mass is 19.1. The van der Waals surface area contributed by atoms with Gasteiger partial charge in [-0.1, -0.05) is 12.8 Å². The van der Waals surface area contributed by atoms with Gasteiger partial charge in [0.25, 0.3) is 0 Å². The summed E-state index contributed by atoms with van der Waals surface area (Å²) in [5.74, 6) is 1.03. The molecule has 1 aliphatic carbocycles. The van der Waals surface area contributed by atoms with E-state index in [0.717, 1.165) is 31.4 Å². The number of nitrogens with one attached hydrogen (secondary N) is 1. The summed E-state index contributed by atoms with van der Waals surface area (Å²) in [7, 11) is 3.58. The van der Waals surface area contributed by atoms with E-state index in [4.69, 9.17) is 4.98 Å². The Labute approximate surface area is 181 Å². The van der Waals surface area contributed by atoms with Crippen molar-refractivity contribution < 1.29 is 14.0 Å². The van der Waals surface area contributed by atoms with Gasteiger partial charge < -0.3 is 15.1 Å². The topological polar surface area (TPSA) is 78.4 Å². The van der Waals surface area contributed by atoms with Crippen molar-refractivity contribution >= 4 is 23.3 Å². The lowest BCUT2D eigenvalue weighted by atomic mass is 10.0. The number of carbonyl (C=O) groups excluding carboxylic acids is 2. The number of rotatable bonds is 6. The molecule has 2 aromatic rings. The number of aromatic nitrogens is 2. The maximum absolute atomic E-state index is 13.2. The van der Waals surface area contributed by atoms with E-state index in [1.54, 1.807) is 36.0 Å². The molecule has 2 heterocycles. The highest BCUT2D eigenvalue weighted by Gasteiger charge is 2.33. The molecule has 1 saturated carbocycles. The lowest BCUT2D eigenvalue weighted by Crippen LogP contribution is -2.32. The summed E-state index contributed by atoms with van der Waals surface area (Å²) >= 11 is 0. The van der Waals surface area contributed by atoms with E-state index < -0.39 is 0 Å². The number of benzene rings is 1. The summed E-state index contributed by atoms with van der Waals surface area (Å²) in [6, 6.07) is 7.80. The van der Waals surface area contributed by atoms with Crippen molar-refractivity contribution in [2.75, 3.05) is 30.9 Å². The summed E-state index contributed by atoms with van der Waals surface area (Å²) in [5.41, 5.74) is 1.45. The molecule has 164 valence electrons. The Morgan fingerprint density at radius 2 is 1.94 bits per heavy atom. The van der Waals surface area contributed by atoms with Crippen LogP contribution in [0.4, 0.5) is 15.9 Å². The first kappa shape index (κ1) is 21.2. The van der Waals surface area contributed by atoms with Crippen molar-refractivity contribution in [2.45, 2.75) is 44.6 Å². The average molecular weight is 426 g/mol. The number of nitrogens with zero attached hydrogens (tertiary/aromatic N) is 4. The standard InChI is InChI=1S/C23H28FN5O2/c1-25-20-12-19(16-11-22(30)29(13-16)18-9-7-17(24)8-10-18)26-21(27-20)14-28(2)23(31)15-5-3-4-6-15/h7-10,12,15-16H,3-6,11,13-14H2,1-2H3,(H,25,26,27)/t16-/m0/s1. The zero-order chi connectivity index (χ0) is 22.0. The first-order valence-corrected chi connectivity index (χ1v) is 10.8. The second-order valence-corrected chi connectivity index (χ2v) is 8.40. The maximum atomic E-state index is 13.2. The first-order chi connectivity index (χ1) is 14.9. The van der Waals surface area contributed by atoms with E-state index in [1.807, 2.05) is 6.07 Å². The molecule has 1 aromatic carbocycles. The predicted octanol–water partition coefficient (Wildman–Crippen LogP) is 3.33. The fraction of sp³-hybridized carbons (Fsp3) is 0.478. The second-order valence-electron chi connectivity index (χ2n) is 8.40. The fourth-order valence-corrected chi connectivity index (χ4v) is 4.48. The Hall–Kier alpha value is -3.03. The molecule has 0 radical (unpaired) electrons. The zero-order valence-electron chi connectivity index (χ0n) is 18.0. The Morgan fingerprint density at radius 3 is 2.61 bits per heavy atom. The van der Waals surface area contributed by atoms with Gasteiger partial charge in [0, 0.05) is 50.7 Å². The molecule has 8 heteroatoms. The van der Waals surface area contributed by atoms with E-state index in [2.05, 4.69) is 10.3 Å². The number of carbonyl (C=O) groups is 2. The minimum atomic E-state index is -0.331. The number of amides is 2. The van der Waals surface area contributed by atoms with Crippen molar-refractivity contribution in [3.05, 3.63) is 47.7 Å². The Balaban J connectivity index is 1.51. The molecule has 0 bridgehead atoms. The molecule has 1 aliphatic heterocycles. The van der Waals surface area contributed by atoms with Gasteiger partial charge in [-0.2, -0.15) is 0 Å². The van der Waals surface area contributed by atoms with E-state index >= 15 is 0 Å². The number of halogens is 1. The van der Waals surface area contributed by atoms with Gasteiger partial charge in [0.05, 0.1) is 12.2 Å². The Bertz CT molecular complexity index is 959. The van der Waals surface area contributed by atoms with E-state index in [9.17, 15) is 14.0 Å². The van der Waals surface area contributed by atoms with Gasteiger partial charge in [-0.15, -0.1) is 0 Å². The molecule has 7 nitrogen and oxygen atoms in total. The fourth-order valence-electron chi connectivity index (χ4n) is 4.48. The van der Waals surface area contributed by atoms with E-state index in [1.165, 1.54) is 12.1 Å². The van der Waals surface area contributed by atoms with E-state index in [0.29, 0.717) is 36.8 Å². The summed E-state index contributed by atoms with van der Waals surface area (Å²) in [4.78, 5) is 37.9. The van der Waals surface area contributed by atoms with Crippen molar-refractivity contribution in [3.63, 3.8) is 0 Å². The molecule has 31 heavy (non-hydrogen) atoms. The van der Waals surface area contributed by atoms with Gasteiger partial charge in [0.1, 0.15) is 17.5 Å². The molecule has 1 N–H and O–H groups in total. The van der Waals surface area contributed by atoms with Crippen LogP contribution in [0, 0.1) is 11.7 Å². The third-order valence-corrected chi connectivity index (χ3v) is 6.19. The number of anilines is 2. The van der Waals surface area contributed by atoms with Crippen LogP contribution >= 0.6 is 0 Å². The van der Waals surface area contributed by atoms with Crippen molar-refractivity contribution in [2.24, 2.45) is 5.92 Å². The molecule has 2 amide bonds. The Morgan fingerprint density at radius 1 is 1.23 bits per heavy atom. The molecule has 4 rings (SSSR count). The quantitative estimate of drug-likeness (QED) is 0.768. The van der Waals surface area contributed by atoms with Crippen molar-refractivity contribution in [1.82, 2.24) is 14.9 Å². The van der Waals surface area contributed by atoms with Gasteiger partial charge >= 0.3 is 0 Å². The largest absolute Gasteiger partial charge is 0.373 e. The second kappa shape index (κ2) is 8.99. The van der Waals surface area contributed by atoms with E-state index in [-0.39, 0.29) is 29.5 Å². The molecule has 0 unspecified atom stereocenters. The minimum Gasteiger partial charge on any atom is -0.373 e. The van der Waals surface area contributed by atoms with Crippen LogP contribution in [-0.2, 0) is 16.1 Å². The molecule has 1 aromatic heterocycles. The van der Waals surface area contributed by atoms with Gasteiger partial charge in [-0.3, -0.25) is 9.59 Å².